The first-order valence-electron chi connectivity index (χ1n) is 5.71. The van der Waals surface area contributed by atoms with Crippen molar-refractivity contribution >= 4 is 17.5 Å². The van der Waals surface area contributed by atoms with E-state index in [-0.39, 0.29) is 19.6 Å². The highest BCUT2D eigenvalue weighted by Crippen LogP contribution is 2.15. The number of nitrogens with two attached hydrogens (primary N) is 3. The van der Waals surface area contributed by atoms with Gasteiger partial charge in [-0.1, -0.05) is 12.1 Å². The van der Waals surface area contributed by atoms with Crippen LogP contribution in [0.2, 0.25) is 0 Å². The van der Waals surface area contributed by atoms with Crippen LogP contribution in [0.1, 0.15) is 11.7 Å². The highest BCUT2D eigenvalue weighted by molar-refractivity contribution is 5.79. The van der Waals surface area contributed by atoms with Crippen molar-refractivity contribution in [1.82, 2.24) is 4.90 Å². The van der Waals surface area contributed by atoms with E-state index in [1.807, 2.05) is 0 Å². The largest absolute Gasteiger partial charge is 0.399 e. The zero-order valence-corrected chi connectivity index (χ0v) is 10.5. The van der Waals surface area contributed by atoms with E-state index in [4.69, 9.17) is 17.2 Å². The molecule has 0 aliphatic rings. The molecule has 104 valence electrons. The molecular weight excluding hydrogens is 248 g/mol. The Morgan fingerprint density at radius 2 is 1.58 bits per heavy atom. The number of anilines is 1. The molecule has 1 rings (SSSR count). The van der Waals surface area contributed by atoms with Gasteiger partial charge in [0.05, 0.1) is 19.2 Å². The lowest BCUT2D eigenvalue weighted by atomic mass is 10.1. The lowest BCUT2D eigenvalue weighted by Crippen LogP contribution is -2.41. The second-order valence-electron chi connectivity index (χ2n) is 4.28. The maximum atomic E-state index is 10.9. The molecule has 0 bridgehead atoms. The Kier molecular flexibility index (Phi) is 5.28. The van der Waals surface area contributed by atoms with E-state index in [1.54, 1.807) is 24.3 Å². The molecule has 0 aliphatic carbocycles. The van der Waals surface area contributed by atoms with Crippen molar-refractivity contribution in [2.45, 2.75) is 6.10 Å². The Morgan fingerprint density at radius 3 is 2.00 bits per heavy atom. The molecule has 0 fully saturated rings. The predicted octanol–water partition coefficient (Wildman–Crippen LogP) is -1.43. The van der Waals surface area contributed by atoms with Gasteiger partial charge in [-0.3, -0.25) is 14.5 Å². The average Bonchev–Trinajstić information content (AvgIpc) is 2.27. The monoisotopic (exact) mass is 266 g/mol. The number of nitrogen functional groups attached to an aromatic ring is 1. The number of rotatable bonds is 7. The quantitative estimate of drug-likeness (QED) is 0.449. The molecule has 1 atom stereocenters. The Labute approximate surface area is 111 Å². The van der Waals surface area contributed by atoms with Crippen LogP contribution in [0.4, 0.5) is 5.69 Å². The molecular formula is C12H18N4O3. The van der Waals surface area contributed by atoms with Gasteiger partial charge in [0.2, 0.25) is 11.8 Å². The number of hydrogen-bond acceptors (Lipinski definition) is 5. The molecule has 1 aromatic carbocycles. The Morgan fingerprint density at radius 1 is 1.11 bits per heavy atom. The molecule has 0 aliphatic heterocycles. The second kappa shape index (κ2) is 6.72. The Hall–Kier alpha value is -2.12. The lowest BCUT2D eigenvalue weighted by Gasteiger charge is -2.22. The van der Waals surface area contributed by atoms with Crippen LogP contribution in [-0.4, -0.2) is 41.5 Å². The van der Waals surface area contributed by atoms with Crippen LogP contribution in [0.25, 0.3) is 0 Å². The van der Waals surface area contributed by atoms with Crippen LogP contribution in [0.5, 0.6) is 0 Å². The van der Waals surface area contributed by atoms with Gasteiger partial charge >= 0.3 is 0 Å². The molecule has 1 aromatic rings. The van der Waals surface area contributed by atoms with Gasteiger partial charge in [-0.25, -0.2) is 0 Å². The first-order chi connectivity index (χ1) is 8.88. The summed E-state index contributed by atoms with van der Waals surface area (Å²) in [6.45, 7) is -0.209. The molecule has 0 spiro atoms. The summed E-state index contributed by atoms with van der Waals surface area (Å²) in [7, 11) is 0. The number of aliphatic hydroxyl groups is 1. The van der Waals surface area contributed by atoms with Gasteiger partial charge in [0, 0.05) is 12.2 Å². The molecule has 1 unspecified atom stereocenters. The van der Waals surface area contributed by atoms with Crippen molar-refractivity contribution in [1.29, 1.82) is 0 Å². The van der Waals surface area contributed by atoms with Crippen molar-refractivity contribution in [2.24, 2.45) is 11.5 Å². The summed E-state index contributed by atoms with van der Waals surface area (Å²) in [6, 6.07) is 6.66. The van der Waals surface area contributed by atoms with Crippen molar-refractivity contribution in [2.75, 3.05) is 25.4 Å². The molecule has 0 aromatic heterocycles. The summed E-state index contributed by atoms with van der Waals surface area (Å²) in [6.07, 6.45) is -0.862. The van der Waals surface area contributed by atoms with Crippen molar-refractivity contribution in [3.63, 3.8) is 0 Å². The second-order valence-corrected chi connectivity index (χ2v) is 4.28. The van der Waals surface area contributed by atoms with Gasteiger partial charge in [0.25, 0.3) is 0 Å². The number of benzene rings is 1. The van der Waals surface area contributed by atoms with E-state index in [0.29, 0.717) is 11.3 Å². The third kappa shape index (κ3) is 5.36. The van der Waals surface area contributed by atoms with Crippen molar-refractivity contribution in [3.8, 4) is 0 Å². The van der Waals surface area contributed by atoms with Gasteiger partial charge in [-0.2, -0.15) is 0 Å². The fraction of sp³-hybridized carbons (Fsp3) is 0.333. The molecule has 2 amide bonds. The minimum Gasteiger partial charge on any atom is -0.399 e. The van der Waals surface area contributed by atoms with Crippen LogP contribution in [0.15, 0.2) is 24.3 Å². The van der Waals surface area contributed by atoms with Crippen LogP contribution in [-0.2, 0) is 9.59 Å². The number of nitrogens with zero attached hydrogens (tertiary/aromatic N) is 1. The standard InChI is InChI=1S/C12H18N4O3/c13-9-3-1-8(2-4-9)10(17)5-16(6-11(14)18)7-12(15)19/h1-4,10,17H,5-7,13H2,(H2,14,18)(H2,15,19). The van der Waals surface area contributed by atoms with Crippen molar-refractivity contribution < 1.29 is 14.7 Å². The Balaban J connectivity index is 2.69. The van der Waals surface area contributed by atoms with Crippen LogP contribution in [0.3, 0.4) is 0 Å². The minimum atomic E-state index is -0.862. The fourth-order valence-corrected chi connectivity index (χ4v) is 1.69. The zero-order valence-electron chi connectivity index (χ0n) is 10.5. The summed E-state index contributed by atoms with van der Waals surface area (Å²) in [5.41, 5.74) is 16.9. The molecule has 0 heterocycles. The summed E-state index contributed by atoms with van der Waals surface area (Å²) in [5, 5.41) is 10.0. The SMILES string of the molecule is NC(=O)CN(CC(N)=O)CC(O)c1ccc(N)cc1. The Bertz CT molecular complexity index is 431. The van der Waals surface area contributed by atoms with Gasteiger partial charge in [0.1, 0.15) is 0 Å². The number of hydrogen-bond donors (Lipinski definition) is 4. The number of carbonyl (C=O) groups excluding carboxylic acids is 2. The van der Waals surface area contributed by atoms with Gasteiger partial charge in [-0.15, -0.1) is 0 Å². The highest BCUT2D eigenvalue weighted by atomic mass is 16.3. The number of amides is 2. The average molecular weight is 266 g/mol. The van der Waals surface area contributed by atoms with E-state index in [0.717, 1.165) is 0 Å². The molecule has 19 heavy (non-hydrogen) atoms. The molecule has 7 heteroatoms. The molecule has 7 N–H and O–H groups in total. The highest BCUT2D eigenvalue weighted by Gasteiger charge is 2.17. The number of primary amides is 2. The maximum Gasteiger partial charge on any atom is 0.231 e. The van der Waals surface area contributed by atoms with E-state index in [2.05, 4.69) is 0 Å². The van der Waals surface area contributed by atoms with E-state index in [9.17, 15) is 14.7 Å². The van der Waals surface area contributed by atoms with E-state index in [1.165, 1.54) is 4.90 Å². The first-order valence-corrected chi connectivity index (χ1v) is 5.71. The van der Waals surface area contributed by atoms with Crippen LogP contribution < -0.4 is 17.2 Å². The normalized spacial score (nSPS) is 12.3. The summed E-state index contributed by atoms with van der Waals surface area (Å²) in [5.74, 6) is -1.18. The van der Waals surface area contributed by atoms with Crippen molar-refractivity contribution in [3.05, 3.63) is 29.8 Å². The smallest absolute Gasteiger partial charge is 0.231 e. The van der Waals surface area contributed by atoms with Gasteiger partial charge in [-0.05, 0) is 17.7 Å². The third-order valence-corrected chi connectivity index (χ3v) is 2.51. The van der Waals surface area contributed by atoms with Crippen LogP contribution >= 0.6 is 0 Å². The zero-order chi connectivity index (χ0) is 14.4. The maximum absolute atomic E-state index is 10.9. The predicted molar refractivity (Wildman–Crippen MR) is 70.6 cm³/mol. The topological polar surface area (TPSA) is 136 Å². The van der Waals surface area contributed by atoms with E-state index < -0.39 is 17.9 Å². The van der Waals surface area contributed by atoms with Gasteiger partial charge in [0.15, 0.2) is 0 Å². The third-order valence-electron chi connectivity index (χ3n) is 2.51. The lowest BCUT2D eigenvalue weighted by molar-refractivity contribution is -0.122. The van der Waals surface area contributed by atoms with Gasteiger partial charge < -0.3 is 22.3 Å². The first kappa shape index (κ1) is 14.9. The summed E-state index contributed by atoms with van der Waals surface area (Å²) >= 11 is 0. The summed E-state index contributed by atoms with van der Waals surface area (Å²) in [4.78, 5) is 23.2. The molecule has 7 nitrogen and oxygen atoms in total. The molecule has 0 saturated carbocycles. The number of aliphatic hydroxyl groups excluding tert-OH is 1. The molecule has 0 saturated heterocycles. The molecule has 0 radical (unpaired) electrons. The number of carbonyl (C=O) groups is 2. The fourth-order valence-electron chi connectivity index (χ4n) is 1.69. The van der Waals surface area contributed by atoms with Crippen LogP contribution in [0, 0.1) is 0 Å². The minimum absolute atomic E-state index is 0.0792. The van der Waals surface area contributed by atoms with E-state index >= 15 is 0 Å². The summed E-state index contributed by atoms with van der Waals surface area (Å²) < 4.78 is 0.